The number of imide groups is 1. The van der Waals surface area contributed by atoms with Gasteiger partial charge in [0.25, 0.3) is 0 Å². The van der Waals surface area contributed by atoms with Gasteiger partial charge in [-0.15, -0.1) is 5.06 Å². The molecule has 0 radical (unpaired) electrons. The Morgan fingerprint density at radius 1 is 1.58 bits per heavy atom. The summed E-state index contributed by atoms with van der Waals surface area (Å²) >= 11 is 0. The molecule has 0 atom stereocenters. The minimum atomic E-state index is -0.791. The number of carbonyl (C=O) groups is 2. The van der Waals surface area contributed by atoms with Gasteiger partial charge in [0.05, 0.1) is 12.7 Å². The van der Waals surface area contributed by atoms with Crippen LogP contribution in [0.4, 0.5) is 4.79 Å². The van der Waals surface area contributed by atoms with E-state index in [1.54, 1.807) is 20.8 Å². The maximum Gasteiger partial charge on any atom is 0.441 e. The summed E-state index contributed by atoms with van der Waals surface area (Å²) in [5, 5.41) is 0.536. The van der Waals surface area contributed by atoms with Gasteiger partial charge < -0.3 is 4.74 Å². The quantitative estimate of drug-likeness (QED) is 0.471. The summed E-state index contributed by atoms with van der Waals surface area (Å²) in [4.78, 5) is 25.9. The summed E-state index contributed by atoms with van der Waals surface area (Å²) in [5.41, 5.74) is 0. The number of amides is 2. The molecular formula is C7H13NO4. The van der Waals surface area contributed by atoms with E-state index in [1.807, 2.05) is 0 Å². The number of ether oxygens (including phenoxy) is 1. The molecule has 0 rings (SSSR count). The summed E-state index contributed by atoms with van der Waals surface area (Å²) in [6.07, 6.45) is -0.751. The molecule has 5 nitrogen and oxygen atoms in total. The van der Waals surface area contributed by atoms with Crippen molar-refractivity contribution in [2.24, 2.45) is 0 Å². The molecular weight excluding hydrogens is 162 g/mol. The van der Waals surface area contributed by atoms with Crippen LogP contribution in [0.15, 0.2) is 0 Å². The first kappa shape index (κ1) is 10.9. The van der Waals surface area contributed by atoms with Gasteiger partial charge in [0.15, 0.2) is 0 Å². The van der Waals surface area contributed by atoms with E-state index in [0.29, 0.717) is 5.06 Å². The molecule has 0 saturated heterocycles. The number of nitrogens with zero attached hydrogens (tertiary/aromatic N) is 1. The van der Waals surface area contributed by atoms with Crippen molar-refractivity contribution >= 4 is 12.5 Å². The molecule has 2 amide bonds. The van der Waals surface area contributed by atoms with Crippen LogP contribution in [0.2, 0.25) is 0 Å². The minimum absolute atomic E-state index is 0.213. The smallest absolute Gasteiger partial charge is 0.441 e. The van der Waals surface area contributed by atoms with Gasteiger partial charge in [-0.2, -0.15) is 0 Å². The van der Waals surface area contributed by atoms with Crippen molar-refractivity contribution in [2.75, 3.05) is 6.61 Å². The van der Waals surface area contributed by atoms with E-state index < -0.39 is 6.09 Å². The second-order valence-electron chi connectivity index (χ2n) is 2.28. The zero-order valence-corrected chi connectivity index (χ0v) is 7.44. The molecule has 70 valence electrons. The molecule has 0 fully saturated rings. The highest BCUT2D eigenvalue weighted by atomic mass is 16.7. The SMILES string of the molecule is CCOC(=O)N(C=O)OC(C)C. The van der Waals surface area contributed by atoms with Crippen LogP contribution >= 0.6 is 0 Å². The van der Waals surface area contributed by atoms with E-state index in [2.05, 4.69) is 4.74 Å². The zero-order valence-electron chi connectivity index (χ0n) is 7.44. The third kappa shape index (κ3) is 3.92. The average molecular weight is 175 g/mol. The van der Waals surface area contributed by atoms with E-state index in [4.69, 9.17) is 4.84 Å². The van der Waals surface area contributed by atoms with Gasteiger partial charge >= 0.3 is 6.09 Å². The Labute approximate surface area is 71.2 Å². The lowest BCUT2D eigenvalue weighted by atomic mass is 10.5. The van der Waals surface area contributed by atoms with Gasteiger partial charge in [0.1, 0.15) is 0 Å². The maximum absolute atomic E-state index is 10.9. The van der Waals surface area contributed by atoms with E-state index in [1.165, 1.54) is 0 Å². The standard InChI is InChI=1S/C7H13NO4/c1-4-11-7(10)8(5-9)12-6(2)3/h5-6H,4H2,1-3H3. The van der Waals surface area contributed by atoms with Crippen LogP contribution in [0.1, 0.15) is 20.8 Å². The Kier molecular flexibility index (Phi) is 5.03. The topological polar surface area (TPSA) is 55.8 Å². The average Bonchev–Trinajstić information content (AvgIpc) is 2.00. The van der Waals surface area contributed by atoms with Crippen molar-refractivity contribution in [3.63, 3.8) is 0 Å². The second kappa shape index (κ2) is 5.54. The third-order valence-electron chi connectivity index (χ3n) is 0.868. The number of carbonyl (C=O) groups excluding carboxylic acids is 2. The minimum Gasteiger partial charge on any atom is -0.448 e. The number of hydrogen-bond acceptors (Lipinski definition) is 4. The van der Waals surface area contributed by atoms with Gasteiger partial charge in [-0.05, 0) is 20.8 Å². The van der Waals surface area contributed by atoms with Crippen molar-refractivity contribution in [1.82, 2.24) is 5.06 Å². The summed E-state index contributed by atoms with van der Waals surface area (Å²) in [6.45, 7) is 5.27. The lowest BCUT2D eigenvalue weighted by Gasteiger charge is -2.16. The number of hydroxylamine groups is 2. The lowest BCUT2D eigenvalue weighted by Crippen LogP contribution is -2.32. The van der Waals surface area contributed by atoms with Crippen LogP contribution in [0, 0.1) is 0 Å². The summed E-state index contributed by atoms with van der Waals surface area (Å²) in [7, 11) is 0. The Morgan fingerprint density at radius 3 is 2.50 bits per heavy atom. The first-order chi connectivity index (χ1) is 5.61. The summed E-state index contributed by atoms with van der Waals surface area (Å²) in [5.74, 6) is 0. The van der Waals surface area contributed by atoms with E-state index in [-0.39, 0.29) is 19.1 Å². The van der Waals surface area contributed by atoms with Crippen LogP contribution in [-0.4, -0.2) is 30.3 Å². The maximum atomic E-state index is 10.9. The molecule has 0 aliphatic heterocycles. The molecule has 0 saturated carbocycles. The third-order valence-corrected chi connectivity index (χ3v) is 0.868. The van der Waals surface area contributed by atoms with E-state index in [0.717, 1.165) is 0 Å². The second-order valence-corrected chi connectivity index (χ2v) is 2.28. The molecule has 0 aromatic carbocycles. The Morgan fingerprint density at radius 2 is 2.17 bits per heavy atom. The van der Waals surface area contributed by atoms with Gasteiger partial charge in [-0.3, -0.25) is 9.63 Å². The van der Waals surface area contributed by atoms with Crippen LogP contribution in [0.3, 0.4) is 0 Å². The highest BCUT2D eigenvalue weighted by Gasteiger charge is 2.15. The summed E-state index contributed by atoms with van der Waals surface area (Å²) < 4.78 is 4.53. The molecule has 0 aromatic heterocycles. The highest BCUT2D eigenvalue weighted by Crippen LogP contribution is 1.96. The first-order valence-corrected chi connectivity index (χ1v) is 3.69. The first-order valence-electron chi connectivity index (χ1n) is 3.69. The molecule has 0 heterocycles. The van der Waals surface area contributed by atoms with Crippen molar-refractivity contribution in [3.8, 4) is 0 Å². The van der Waals surface area contributed by atoms with E-state index >= 15 is 0 Å². The molecule has 0 bridgehead atoms. The summed E-state index contributed by atoms with van der Waals surface area (Å²) in [6, 6.07) is 0. The molecule has 0 aromatic rings. The Hall–Kier alpha value is -1.10. The normalized spacial score (nSPS) is 9.67. The molecule has 0 spiro atoms. The van der Waals surface area contributed by atoms with Crippen molar-refractivity contribution in [2.45, 2.75) is 26.9 Å². The zero-order chi connectivity index (χ0) is 9.56. The van der Waals surface area contributed by atoms with Gasteiger partial charge in [-0.1, -0.05) is 0 Å². The van der Waals surface area contributed by atoms with Crippen LogP contribution in [-0.2, 0) is 14.4 Å². The van der Waals surface area contributed by atoms with Crippen LogP contribution in [0.25, 0.3) is 0 Å². The predicted octanol–water partition coefficient (Wildman–Crippen LogP) is 0.941. The fourth-order valence-corrected chi connectivity index (χ4v) is 0.525. The van der Waals surface area contributed by atoms with Gasteiger partial charge in [-0.25, -0.2) is 4.79 Å². The monoisotopic (exact) mass is 175 g/mol. The van der Waals surface area contributed by atoms with Gasteiger partial charge in [0.2, 0.25) is 6.41 Å². The largest absolute Gasteiger partial charge is 0.448 e. The highest BCUT2D eigenvalue weighted by molar-refractivity contribution is 5.78. The number of hydrogen-bond donors (Lipinski definition) is 0. The van der Waals surface area contributed by atoms with Crippen molar-refractivity contribution in [1.29, 1.82) is 0 Å². The van der Waals surface area contributed by atoms with Crippen LogP contribution < -0.4 is 0 Å². The fourth-order valence-electron chi connectivity index (χ4n) is 0.525. The lowest BCUT2D eigenvalue weighted by molar-refractivity contribution is -0.173. The van der Waals surface area contributed by atoms with E-state index in [9.17, 15) is 9.59 Å². The molecule has 0 aliphatic carbocycles. The molecule has 12 heavy (non-hydrogen) atoms. The molecule has 0 unspecified atom stereocenters. The fraction of sp³-hybridized carbons (Fsp3) is 0.714. The Balaban J connectivity index is 3.96. The van der Waals surface area contributed by atoms with Crippen molar-refractivity contribution < 1.29 is 19.2 Å². The molecule has 0 aliphatic rings. The molecule has 0 N–H and O–H groups in total. The molecule has 5 heteroatoms. The number of rotatable bonds is 4. The predicted molar refractivity (Wildman–Crippen MR) is 41.1 cm³/mol. The Bertz CT molecular complexity index is 157. The van der Waals surface area contributed by atoms with Gasteiger partial charge in [0, 0.05) is 0 Å². The van der Waals surface area contributed by atoms with Crippen molar-refractivity contribution in [3.05, 3.63) is 0 Å². The van der Waals surface area contributed by atoms with Crippen LogP contribution in [0.5, 0.6) is 0 Å².